The fourth-order valence-electron chi connectivity index (χ4n) is 3.78. The Bertz CT molecular complexity index is 1150. The number of pyridine rings is 1. The van der Waals surface area contributed by atoms with Crippen LogP contribution in [-0.2, 0) is 11.2 Å². The number of aromatic nitrogens is 2. The third-order valence-corrected chi connectivity index (χ3v) is 5.34. The molecule has 0 saturated carbocycles. The van der Waals surface area contributed by atoms with Crippen LogP contribution in [0.1, 0.15) is 53.3 Å². The lowest BCUT2D eigenvalue weighted by atomic mass is 9.93. The Morgan fingerprint density at radius 1 is 1.14 bits per heavy atom. The summed E-state index contributed by atoms with van der Waals surface area (Å²) < 4.78 is 0. The van der Waals surface area contributed by atoms with E-state index in [-0.39, 0.29) is 5.91 Å². The van der Waals surface area contributed by atoms with E-state index < -0.39 is 0 Å². The number of carbonyl (C=O) groups is 1. The molecular formula is C23H25N5O. The number of hydrazone groups is 1. The third-order valence-electron chi connectivity index (χ3n) is 5.34. The highest BCUT2D eigenvalue weighted by Crippen LogP contribution is 2.26. The Kier molecular flexibility index (Phi) is 4.70. The number of hydrogen-bond donors (Lipinski definition) is 3. The molecule has 0 bridgehead atoms. The van der Waals surface area contributed by atoms with Gasteiger partial charge in [-0.3, -0.25) is 15.2 Å². The lowest BCUT2D eigenvalue weighted by molar-refractivity contribution is -0.114. The normalized spacial score (nSPS) is 14.2. The van der Waals surface area contributed by atoms with Crippen LogP contribution in [0, 0.1) is 13.8 Å². The fraction of sp³-hybridized carbons (Fsp3) is 0.261. The van der Waals surface area contributed by atoms with E-state index in [2.05, 4.69) is 73.4 Å². The Labute approximate surface area is 170 Å². The molecule has 6 heteroatoms. The molecule has 4 rings (SSSR count). The first-order valence-electron chi connectivity index (χ1n) is 9.75. The Hall–Kier alpha value is -3.41. The van der Waals surface area contributed by atoms with E-state index in [9.17, 15) is 4.79 Å². The molecule has 3 N–H and O–H groups in total. The van der Waals surface area contributed by atoms with Gasteiger partial charge in [0, 0.05) is 23.9 Å². The van der Waals surface area contributed by atoms with Crippen LogP contribution in [0.2, 0.25) is 0 Å². The molecule has 0 spiro atoms. The smallest absolute Gasteiger partial charge is 0.277 e. The lowest BCUT2D eigenvalue weighted by Crippen LogP contribution is -2.40. The minimum atomic E-state index is -0.249. The summed E-state index contributed by atoms with van der Waals surface area (Å²) in [5.74, 6) is 0.554. The number of nitrogens with one attached hydrogen (secondary N) is 3. The molecule has 1 amide bonds. The molecule has 0 atom stereocenters. The predicted molar refractivity (Wildman–Crippen MR) is 116 cm³/mol. The van der Waals surface area contributed by atoms with Crippen molar-refractivity contribution in [3.8, 4) is 0 Å². The van der Waals surface area contributed by atoms with Gasteiger partial charge < -0.3 is 10.3 Å². The summed E-state index contributed by atoms with van der Waals surface area (Å²) in [6.45, 7) is 12.1. The number of rotatable bonds is 4. The SMILES string of the molecule is C=C1NN=C(c2cc(C)c(Cc3ccc4[nH]cc(C(C)C)c4n3)c(C)c2)C(=O)N1. The number of fused-ring (bicyclic) bond motifs is 1. The largest absolute Gasteiger partial charge is 0.360 e. The van der Waals surface area contributed by atoms with Crippen molar-refractivity contribution < 1.29 is 4.79 Å². The number of H-pyrrole nitrogens is 1. The Balaban J connectivity index is 1.68. The highest BCUT2D eigenvalue weighted by molar-refractivity contribution is 6.46. The summed E-state index contributed by atoms with van der Waals surface area (Å²) >= 11 is 0. The van der Waals surface area contributed by atoms with Crippen molar-refractivity contribution in [2.75, 3.05) is 0 Å². The molecule has 6 nitrogen and oxygen atoms in total. The fourth-order valence-corrected chi connectivity index (χ4v) is 3.78. The topological polar surface area (TPSA) is 82.2 Å². The monoisotopic (exact) mass is 387 g/mol. The summed E-state index contributed by atoms with van der Waals surface area (Å²) in [6, 6.07) is 8.18. The highest BCUT2D eigenvalue weighted by Gasteiger charge is 2.21. The van der Waals surface area contributed by atoms with Crippen molar-refractivity contribution in [1.82, 2.24) is 20.7 Å². The molecule has 1 aromatic carbocycles. The van der Waals surface area contributed by atoms with Crippen molar-refractivity contribution in [1.29, 1.82) is 0 Å². The Morgan fingerprint density at radius 2 is 1.86 bits per heavy atom. The van der Waals surface area contributed by atoms with Crippen LogP contribution in [0.5, 0.6) is 0 Å². The van der Waals surface area contributed by atoms with Crippen LogP contribution >= 0.6 is 0 Å². The van der Waals surface area contributed by atoms with Crippen LogP contribution in [0.3, 0.4) is 0 Å². The van der Waals surface area contributed by atoms with Gasteiger partial charge >= 0.3 is 0 Å². The quantitative estimate of drug-likeness (QED) is 0.637. The maximum absolute atomic E-state index is 12.2. The molecular weight excluding hydrogens is 362 g/mol. The number of aryl methyl sites for hydroxylation is 2. The zero-order valence-corrected chi connectivity index (χ0v) is 17.2. The molecule has 3 heterocycles. The molecule has 0 fully saturated rings. The molecule has 0 unspecified atom stereocenters. The molecule has 1 aliphatic heterocycles. The van der Waals surface area contributed by atoms with Gasteiger partial charge in [-0.15, -0.1) is 0 Å². The van der Waals surface area contributed by atoms with E-state index in [4.69, 9.17) is 4.98 Å². The zero-order valence-electron chi connectivity index (χ0n) is 17.2. The number of nitrogens with zero attached hydrogens (tertiary/aromatic N) is 2. The molecule has 1 aliphatic rings. The summed E-state index contributed by atoms with van der Waals surface area (Å²) in [7, 11) is 0. The van der Waals surface area contributed by atoms with Gasteiger partial charge in [0.1, 0.15) is 5.82 Å². The minimum Gasteiger partial charge on any atom is -0.360 e. The summed E-state index contributed by atoms with van der Waals surface area (Å²) in [6.07, 6.45) is 2.79. The van der Waals surface area contributed by atoms with Gasteiger partial charge in [0.25, 0.3) is 5.91 Å². The van der Waals surface area contributed by atoms with Crippen molar-refractivity contribution in [3.05, 3.63) is 76.4 Å². The maximum Gasteiger partial charge on any atom is 0.277 e. The van der Waals surface area contributed by atoms with Gasteiger partial charge in [0.15, 0.2) is 5.71 Å². The minimum absolute atomic E-state index is 0.249. The number of aromatic amines is 1. The molecule has 0 aliphatic carbocycles. The average molecular weight is 387 g/mol. The molecule has 0 saturated heterocycles. The molecule has 29 heavy (non-hydrogen) atoms. The van der Waals surface area contributed by atoms with Crippen molar-refractivity contribution in [2.45, 2.75) is 40.0 Å². The van der Waals surface area contributed by atoms with E-state index >= 15 is 0 Å². The molecule has 148 valence electrons. The number of benzene rings is 1. The van der Waals surface area contributed by atoms with Crippen LogP contribution in [-0.4, -0.2) is 21.6 Å². The van der Waals surface area contributed by atoms with Crippen LogP contribution in [0.25, 0.3) is 11.0 Å². The predicted octanol–water partition coefficient (Wildman–Crippen LogP) is 3.79. The number of hydrogen-bond acceptors (Lipinski definition) is 4. The lowest BCUT2D eigenvalue weighted by Gasteiger charge is -2.18. The summed E-state index contributed by atoms with van der Waals surface area (Å²) in [5.41, 5.74) is 11.7. The first kappa shape index (κ1) is 18.9. The van der Waals surface area contributed by atoms with Gasteiger partial charge in [-0.1, -0.05) is 20.4 Å². The summed E-state index contributed by atoms with van der Waals surface area (Å²) in [5, 5.41) is 6.81. The average Bonchev–Trinajstić information content (AvgIpc) is 3.08. The third kappa shape index (κ3) is 3.53. The van der Waals surface area contributed by atoms with E-state index in [0.717, 1.165) is 39.8 Å². The van der Waals surface area contributed by atoms with Gasteiger partial charge in [0.05, 0.1) is 11.0 Å². The van der Waals surface area contributed by atoms with E-state index in [1.165, 1.54) is 11.1 Å². The van der Waals surface area contributed by atoms with Crippen molar-refractivity contribution in [3.63, 3.8) is 0 Å². The van der Waals surface area contributed by atoms with Crippen LogP contribution in [0.15, 0.2) is 48.0 Å². The standard InChI is InChI=1S/C23H25N5O/c1-12(2)19-11-24-20-7-6-17(26-22(19)20)10-18-13(3)8-16(9-14(18)4)21-23(29)25-15(5)27-28-21/h6-9,11-12,24,27H,5,10H2,1-4H3,(H,25,29). The van der Waals surface area contributed by atoms with Crippen LogP contribution in [0.4, 0.5) is 0 Å². The zero-order chi connectivity index (χ0) is 20.7. The first-order chi connectivity index (χ1) is 13.8. The maximum atomic E-state index is 12.2. The second-order valence-electron chi connectivity index (χ2n) is 7.87. The van der Waals surface area contributed by atoms with E-state index in [0.29, 0.717) is 17.5 Å². The second-order valence-corrected chi connectivity index (χ2v) is 7.87. The van der Waals surface area contributed by atoms with Crippen LogP contribution < -0.4 is 10.7 Å². The van der Waals surface area contributed by atoms with Gasteiger partial charge in [-0.25, -0.2) is 0 Å². The van der Waals surface area contributed by atoms with Crippen molar-refractivity contribution in [2.24, 2.45) is 5.10 Å². The molecule has 3 aromatic rings. The summed E-state index contributed by atoms with van der Waals surface area (Å²) in [4.78, 5) is 20.5. The van der Waals surface area contributed by atoms with Gasteiger partial charge in [0.2, 0.25) is 0 Å². The molecule has 0 radical (unpaired) electrons. The highest BCUT2D eigenvalue weighted by atomic mass is 16.2. The number of carbonyl (C=O) groups excluding carboxylic acids is 1. The Morgan fingerprint density at radius 3 is 2.52 bits per heavy atom. The van der Waals surface area contributed by atoms with Gasteiger partial charge in [-0.05, 0) is 66.3 Å². The van der Waals surface area contributed by atoms with E-state index in [1.807, 2.05) is 12.1 Å². The van der Waals surface area contributed by atoms with Gasteiger partial charge in [-0.2, -0.15) is 5.10 Å². The van der Waals surface area contributed by atoms with Crippen molar-refractivity contribution >= 4 is 22.7 Å². The number of amides is 1. The van der Waals surface area contributed by atoms with E-state index in [1.54, 1.807) is 0 Å². The second kappa shape index (κ2) is 7.20. The molecule has 2 aromatic heterocycles. The first-order valence-corrected chi connectivity index (χ1v) is 9.75.